The van der Waals surface area contributed by atoms with Crippen LogP contribution in [0.15, 0.2) is 59.5 Å². The molecule has 1 unspecified atom stereocenters. The summed E-state index contributed by atoms with van der Waals surface area (Å²) in [5, 5.41) is -0.0477. The molecule has 5 nitrogen and oxygen atoms in total. The summed E-state index contributed by atoms with van der Waals surface area (Å²) in [6, 6.07) is 8.69. The van der Waals surface area contributed by atoms with Crippen LogP contribution in [0.1, 0.15) is 29.2 Å². The SMILES string of the molecule is O=C(Cc1nc2c(C(F)(F)F)cc(-c3ccoc3)cn2c1Cl)N1CCC(c2ccc(F)cc2)C1. The molecule has 3 aromatic heterocycles. The van der Waals surface area contributed by atoms with Gasteiger partial charge in [-0.3, -0.25) is 9.20 Å². The first-order valence-electron chi connectivity index (χ1n) is 10.5. The molecule has 10 heteroatoms. The summed E-state index contributed by atoms with van der Waals surface area (Å²) in [6.45, 7) is 0.929. The van der Waals surface area contributed by atoms with Crippen LogP contribution in [0.4, 0.5) is 17.6 Å². The molecule has 4 heterocycles. The van der Waals surface area contributed by atoms with E-state index in [1.165, 1.54) is 30.9 Å². The summed E-state index contributed by atoms with van der Waals surface area (Å²) in [5.74, 6) is -0.542. The number of alkyl halides is 3. The number of aromatic nitrogens is 2. The van der Waals surface area contributed by atoms with E-state index in [-0.39, 0.29) is 46.1 Å². The molecule has 0 spiro atoms. The second-order valence-corrected chi connectivity index (χ2v) is 8.61. The lowest BCUT2D eigenvalue weighted by atomic mass is 9.99. The molecule has 5 rings (SSSR count). The highest BCUT2D eigenvalue weighted by molar-refractivity contribution is 6.30. The first kappa shape index (κ1) is 22.5. The quantitative estimate of drug-likeness (QED) is 0.331. The number of hydrogen-bond acceptors (Lipinski definition) is 3. The Morgan fingerprint density at radius 1 is 1.18 bits per heavy atom. The predicted molar refractivity (Wildman–Crippen MR) is 117 cm³/mol. The van der Waals surface area contributed by atoms with Crippen molar-refractivity contribution in [3.8, 4) is 11.1 Å². The van der Waals surface area contributed by atoms with Gasteiger partial charge in [-0.05, 0) is 36.2 Å². The third-order valence-corrected chi connectivity index (χ3v) is 6.49. The van der Waals surface area contributed by atoms with Gasteiger partial charge in [0.2, 0.25) is 5.91 Å². The van der Waals surface area contributed by atoms with Crippen LogP contribution in [0.3, 0.4) is 0 Å². The molecule has 1 amide bonds. The van der Waals surface area contributed by atoms with Crippen molar-refractivity contribution >= 4 is 23.2 Å². The Kier molecular flexibility index (Phi) is 5.59. The van der Waals surface area contributed by atoms with Gasteiger partial charge in [0.1, 0.15) is 11.0 Å². The molecular weight excluding hydrogens is 474 g/mol. The van der Waals surface area contributed by atoms with Gasteiger partial charge >= 0.3 is 6.18 Å². The fraction of sp³-hybridized carbons (Fsp3) is 0.250. The minimum absolute atomic E-state index is 0.0477. The van der Waals surface area contributed by atoms with Gasteiger partial charge in [-0.1, -0.05) is 23.7 Å². The Hall–Kier alpha value is -3.33. The van der Waals surface area contributed by atoms with Gasteiger partial charge in [-0.15, -0.1) is 0 Å². The van der Waals surface area contributed by atoms with Crippen LogP contribution < -0.4 is 0 Å². The number of nitrogens with zero attached hydrogens (tertiary/aromatic N) is 3. The molecule has 1 saturated heterocycles. The number of carbonyl (C=O) groups is 1. The molecule has 0 radical (unpaired) electrons. The van der Waals surface area contributed by atoms with Gasteiger partial charge < -0.3 is 9.32 Å². The predicted octanol–water partition coefficient (Wildman–Crippen LogP) is 5.96. The zero-order chi connectivity index (χ0) is 24.0. The Morgan fingerprint density at radius 2 is 1.94 bits per heavy atom. The minimum atomic E-state index is -4.67. The smallest absolute Gasteiger partial charge is 0.420 e. The van der Waals surface area contributed by atoms with Crippen molar-refractivity contribution < 1.29 is 26.8 Å². The number of rotatable bonds is 4. The first-order chi connectivity index (χ1) is 16.2. The summed E-state index contributed by atoms with van der Waals surface area (Å²) in [5.41, 5.74) is 0.407. The third kappa shape index (κ3) is 4.16. The van der Waals surface area contributed by atoms with E-state index in [0.717, 1.165) is 16.0 Å². The maximum absolute atomic E-state index is 13.8. The van der Waals surface area contributed by atoms with Gasteiger partial charge in [-0.2, -0.15) is 13.2 Å². The number of pyridine rings is 1. The lowest BCUT2D eigenvalue weighted by molar-refractivity contribution is -0.136. The van der Waals surface area contributed by atoms with Crippen molar-refractivity contribution in [2.75, 3.05) is 13.1 Å². The van der Waals surface area contributed by atoms with Gasteiger partial charge in [0.25, 0.3) is 0 Å². The molecule has 0 bridgehead atoms. The Morgan fingerprint density at radius 3 is 2.62 bits per heavy atom. The number of benzene rings is 1. The van der Waals surface area contributed by atoms with Crippen LogP contribution in [0, 0.1) is 5.82 Å². The Labute approximate surface area is 196 Å². The van der Waals surface area contributed by atoms with Crippen LogP contribution in [0.25, 0.3) is 16.8 Å². The topological polar surface area (TPSA) is 50.8 Å². The molecule has 1 fully saturated rings. The third-order valence-electron chi connectivity index (χ3n) is 6.09. The summed E-state index contributed by atoms with van der Waals surface area (Å²) < 4.78 is 60.7. The Bertz CT molecular complexity index is 1350. The van der Waals surface area contributed by atoms with Crippen molar-refractivity contribution in [3.63, 3.8) is 0 Å². The molecule has 4 aromatic rings. The van der Waals surface area contributed by atoms with Crippen molar-refractivity contribution in [2.45, 2.75) is 24.9 Å². The number of amides is 1. The highest BCUT2D eigenvalue weighted by atomic mass is 35.5. The number of furan rings is 1. The highest BCUT2D eigenvalue weighted by Crippen LogP contribution is 2.37. The second-order valence-electron chi connectivity index (χ2n) is 8.25. The fourth-order valence-electron chi connectivity index (χ4n) is 4.32. The maximum atomic E-state index is 13.8. The molecule has 0 N–H and O–H groups in total. The van der Waals surface area contributed by atoms with Crippen LogP contribution in [-0.4, -0.2) is 33.3 Å². The van der Waals surface area contributed by atoms with Crippen molar-refractivity contribution in [1.82, 2.24) is 14.3 Å². The second kappa shape index (κ2) is 8.47. The average molecular weight is 492 g/mol. The maximum Gasteiger partial charge on any atom is 0.420 e. The summed E-state index contributed by atoms with van der Waals surface area (Å²) in [7, 11) is 0. The van der Waals surface area contributed by atoms with Crippen molar-refractivity contribution in [2.24, 2.45) is 0 Å². The summed E-state index contributed by atoms with van der Waals surface area (Å²) in [4.78, 5) is 18.7. The molecule has 1 atom stereocenters. The number of likely N-dealkylation sites (tertiary alicyclic amines) is 1. The van der Waals surface area contributed by atoms with Crippen molar-refractivity contribution in [1.29, 1.82) is 0 Å². The normalized spacial score (nSPS) is 16.5. The first-order valence-corrected chi connectivity index (χ1v) is 10.9. The van der Waals surface area contributed by atoms with Gasteiger partial charge in [0.15, 0.2) is 5.65 Å². The molecule has 1 aromatic carbocycles. The monoisotopic (exact) mass is 491 g/mol. The van der Waals surface area contributed by atoms with Crippen LogP contribution in [0.2, 0.25) is 5.15 Å². The number of halogens is 5. The van der Waals surface area contributed by atoms with E-state index in [0.29, 0.717) is 25.1 Å². The summed E-state index contributed by atoms with van der Waals surface area (Å²) in [6.07, 6.45) is -0.0475. The van der Waals surface area contributed by atoms with E-state index >= 15 is 0 Å². The number of carbonyl (C=O) groups excluding carboxylic acids is 1. The lowest BCUT2D eigenvalue weighted by Crippen LogP contribution is -2.30. The zero-order valence-corrected chi connectivity index (χ0v) is 18.4. The van der Waals surface area contributed by atoms with Crippen LogP contribution in [-0.2, 0) is 17.4 Å². The molecular formula is C24H18ClF4N3O2. The van der Waals surface area contributed by atoms with Gasteiger partial charge in [0.05, 0.1) is 30.2 Å². The van der Waals surface area contributed by atoms with E-state index in [9.17, 15) is 22.4 Å². The molecule has 0 aliphatic carbocycles. The Balaban J connectivity index is 1.42. The number of fused-ring (bicyclic) bond motifs is 1. The molecule has 0 saturated carbocycles. The van der Waals surface area contributed by atoms with Gasteiger partial charge in [-0.25, -0.2) is 9.37 Å². The lowest BCUT2D eigenvalue weighted by Gasteiger charge is -2.16. The van der Waals surface area contributed by atoms with Crippen molar-refractivity contribution in [3.05, 3.63) is 82.9 Å². The fourth-order valence-corrected chi connectivity index (χ4v) is 4.56. The van der Waals surface area contributed by atoms with E-state index < -0.39 is 11.7 Å². The van der Waals surface area contributed by atoms with E-state index in [2.05, 4.69) is 4.98 Å². The number of imidazole rings is 1. The van der Waals surface area contributed by atoms with E-state index in [1.807, 2.05) is 0 Å². The van der Waals surface area contributed by atoms with E-state index in [4.69, 9.17) is 16.0 Å². The molecule has 34 heavy (non-hydrogen) atoms. The molecule has 1 aliphatic rings. The largest absolute Gasteiger partial charge is 0.472 e. The zero-order valence-electron chi connectivity index (χ0n) is 17.6. The molecule has 176 valence electrons. The number of hydrogen-bond donors (Lipinski definition) is 0. The standard InChI is InChI=1S/C24H18ClF4N3O2/c25-22-20(10-21(33)31-7-5-15(11-31)14-1-3-18(26)4-2-14)30-23-19(24(27,28)29)9-17(12-32(22)23)16-6-8-34-13-16/h1-4,6,8-9,12-13,15H,5,7,10-11H2. The van der Waals surface area contributed by atoms with Gasteiger partial charge in [0, 0.05) is 36.3 Å². The van der Waals surface area contributed by atoms with Crippen LogP contribution in [0.5, 0.6) is 0 Å². The van der Waals surface area contributed by atoms with Crippen LogP contribution >= 0.6 is 11.6 Å². The minimum Gasteiger partial charge on any atom is -0.472 e. The van der Waals surface area contributed by atoms with E-state index in [1.54, 1.807) is 23.1 Å². The molecule has 1 aliphatic heterocycles. The highest BCUT2D eigenvalue weighted by Gasteiger charge is 2.36. The average Bonchev–Trinajstić information content (AvgIpc) is 3.55. The summed E-state index contributed by atoms with van der Waals surface area (Å²) >= 11 is 6.41.